The first-order valence-electron chi connectivity index (χ1n) is 7.42. The van der Waals surface area contributed by atoms with Crippen molar-refractivity contribution in [2.24, 2.45) is 0 Å². The summed E-state index contributed by atoms with van der Waals surface area (Å²) in [5.41, 5.74) is 3.14. The fourth-order valence-electron chi connectivity index (χ4n) is 2.98. The van der Waals surface area contributed by atoms with E-state index in [1.54, 1.807) is 19.5 Å². The van der Waals surface area contributed by atoms with Gasteiger partial charge in [-0.3, -0.25) is 9.78 Å². The third-order valence-corrected chi connectivity index (χ3v) is 4.31. The molecule has 4 rings (SSSR count). The summed E-state index contributed by atoms with van der Waals surface area (Å²) in [7, 11) is 1.61. The lowest BCUT2D eigenvalue weighted by atomic mass is 10.1. The number of rotatable bonds is 3. The normalized spacial score (nSPS) is 11.1. The van der Waals surface area contributed by atoms with Gasteiger partial charge in [-0.1, -0.05) is 18.2 Å². The number of para-hydroxylation sites is 1. The number of benzene rings is 2. The van der Waals surface area contributed by atoms with Crippen LogP contribution >= 0.6 is 11.6 Å². The van der Waals surface area contributed by atoms with Crippen LogP contribution in [0.25, 0.3) is 27.5 Å². The molecule has 0 unspecified atom stereocenters. The highest BCUT2D eigenvalue weighted by Crippen LogP contribution is 2.31. The predicted octanol–water partition coefficient (Wildman–Crippen LogP) is 4.57. The fourth-order valence-corrected chi connectivity index (χ4v) is 3.13. The van der Waals surface area contributed by atoms with E-state index in [-0.39, 0.29) is 0 Å². The molecule has 0 aliphatic heterocycles. The summed E-state index contributed by atoms with van der Waals surface area (Å²) in [6, 6.07) is 15.4. The molecule has 2 heterocycles. The van der Waals surface area contributed by atoms with Gasteiger partial charge in [0.1, 0.15) is 5.75 Å². The number of fused-ring (bicyclic) bond motifs is 2. The minimum absolute atomic E-state index is 0.468. The van der Waals surface area contributed by atoms with Crippen LogP contribution in [0.5, 0.6) is 5.75 Å². The van der Waals surface area contributed by atoms with Crippen LogP contribution in [0.1, 0.15) is 10.4 Å². The number of pyridine rings is 1. The lowest BCUT2D eigenvalue weighted by Gasteiger charge is -2.09. The minimum Gasteiger partial charge on any atom is -0.497 e. The van der Waals surface area contributed by atoms with Gasteiger partial charge in [0.2, 0.25) is 0 Å². The van der Waals surface area contributed by atoms with Crippen molar-refractivity contribution in [3.8, 4) is 11.4 Å². The maximum absolute atomic E-state index is 11.8. The Kier molecular flexibility index (Phi) is 3.47. The largest absolute Gasteiger partial charge is 0.497 e. The topological polar surface area (TPSA) is 44.1 Å². The third-order valence-electron chi connectivity index (χ3n) is 4.11. The minimum atomic E-state index is -0.484. The summed E-state index contributed by atoms with van der Waals surface area (Å²) >= 11 is 5.78. The molecule has 2 aromatic heterocycles. The molecule has 24 heavy (non-hydrogen) atoms. The first-order chi connectivity index (χ1) is 11.7. The molecule has 0 N–H and O–H groups in total. The van der Waals surface area contributed by atoms with Crippen LogP contribution in [0.4, 0.5) is 0 Å². The summed E-state index contributed by atoms with van der Waals surface area (Å²) in [6.45, 7) is 0. The van der Waals surface area contributed by atoms with Crippen LogP contribution in [0.3, 0.4) is 0 Å². The summed E-state index contributed by atoms with van der Waals surface area (Å²) in [5.74, 6) is 0.716. The highest BCUT2D eigenvalue weighted by Gasteiger charge is 2.16. The van der Waals surface area contributed by atoms with Crippen LogP contribution in [0, 0.1) is 0 Å². The van der Waals surface area contributed by atoms with Gasteiger partial charge in [-0.25, -0.2) is 0 Å². The molecule has 0 fully saturated rings. The van der Waals surface area contributed by atoms with Crippen LogP contribution < -0.4 is 4.74 Å². The second-order valence-corrected chi connectivity index (χ2v) is 5.76. The maximum atomic E-state index is 11.8. The first kappa shape index (κ1) is 14.7. The van der Waals surface area contributed by atoms with Gasteiger partial charge in [0.15, 0.2) is 0 Å². The second kappa shape index (κ2) is 5.65. The Morgan fingerprint density at radius 1 is 1.12 bits per heavy atom. The molecule has 0 radical (unpaired) electrons. The summed E-state index contributed by atoms with van der Waals surface area (Å²) in [5, 5.41) is 1.30. The Morgan fingerprint density at radius 3 is 2.75 bits per heavy atom. The van der Waals surface area contributed by atoms with E-state index in [9.17, 15) is 4.79 Å². The van der Waals surface area contributed by atoms with E-state index in [1.165, 1.54) is 0 Å². The van der Waals surface area contributed by atoms with Gasteiger partial charge in [-0.15, -0.1) is 0 Å². The van der Waals surface area contributed by atoms with Crippen molar-refractivity contribution in [3.05, 3.63) is 66.5 Å². The van der Waals surface area contributed by atoms with Crippen molar-refractivity contribution in [2.45, 2.75) is 0 Å². The van der Waals surface area contributed by atoms with Gasteiger partial charge in [0, 0.05) is 29.2 Å². The molecule has 118 valence electrons. The Morgan fingerprint density at radius 2 is 1.96 bits per heavy atom. The van der Waals surface area contributed by atoms with Crippen LogP contribution in [-0.2, 0) is 0 Å². The first-order valence-corrected chi connectivity index (χ1v) is 7.80. The molecule has 4 nitrogen and oxygen atoms in total. The Bertz CT molecular complexity index is 1080. The zero-order valence-electron chi connectivity index (χ0n) is 12.9. The van der Waals surface area contributed by atoms with Gasteiger partial charge in [0.05, 0.1) is 29.4 Å². The SMILES string of the molecule is COc1ccc2c(C(=O)Cl)cn(-c3ccnc4ccccc34)c2c1. The van der Waals surface area contributed by atoms with E-state index in [1.807, 2.05) is 53.1 Å². The fraction of sp³-hybridized carbons (Fsp3) is 0.0526. The summed E-state index contributed by atoms with van der Waals surface area (Å²) in [6.07, 6.45) is 3.52. The number of hydrogen-bond donors (Lipinski definition) is 0. The highest BCUT2D eigenvalue weighted by molar-refractivity contribution is 6.68. The number of ether oxygens (including phenoxy) is 1. The lowest BCUT2D eigenvalue weighted by molar-refractivity contribution is 0.108. The predicted molar refractivity (Wildman–Crippen MR) is 95.3 cm³/mol. The molecule has 2 aromatic carbocycles. The zero-order chi connectivity index (χ0) is 16.7. The molecule has 0 aliphatic rings. The van der Waals surface area contributed by atoms with Crippen molar-refractivity contribution < 1.29 is 9.53 Å². The van der Waals surface area contributed by atoms with Crippen LogP contribution in [0.2, 0.25) is 0 Å². The van der Waals surface area contributed by atoms with Gasteiger partial charge >= 0.3 is 0 Å². The van der Waals surface area contributed by atoms with E-state index in [0.717, 1.165) is 27.5 Å². The van der Waals surface area contributed by atoms with Gasteiger partial charge in [0.25, 0.3) is 5.24 Å². The molecule has 0 bridgehead atoms. The monoisotopic (exact) mass is 336 g/mol. The number of nitrogens with zero attached hydrogens (tertiary/aromatic N) is 2. The Balaban J connectivity index is 2.10. The van der Waals surface area contributed by atoms with Crippen molar-refractivity contribution in [1.29, 1.82) is 0 Å². The van der Waals surface area contributed by atoms with E-state index in [0.29, 0.717) is 11.3 Å². The van der Waals surface area contributed by atoms with Crippen molar-refractivity contribution in [2.75, 3.05) is 7.11 Å². The molecule has 0 aliphatic carbocycles. The Labute approximate surface area is 143 Å². The molecule has 0 atom stereocenters. The van der Waals surface area contributed by atoms with Crippen molar-refractivity contribution in [3.63, 3.8) is 0 Å². The molecule has 0 saturated carbocycles. The van der Waals surface area contributed by atoms with E-state index in [2.05, 4.69) is 4.98 Å². The number of halogens is 1. The number of hydrogen-bond acceptors (Lipinski definition) is 3. The average Bonchev–Trinajstić information content (AvgIpc) is 3.00. The van der Waals surface area contributed by atoms with Crippen LogP contribution in [0.15, 0.2) is 60.9 Å². The number of carbonyl (C=O) groups is 1. The Hall–Kier alpha value is -2.85. The van der Waals surface area contributed by atoms with Gasteiger partial charge < -0.3 is 9.30 Å². The molecule has 0 spiro atoms. The lowest BCUT2D eigenvalue weighted by Crippen LogP contribution is -1.95. The number of carbonyl (C=O) groups excluding carboxylic acids is 1. The zero-order valence-corrected chi connectivity index (χ0v) is 13.6. The van der Waals surface area contributed by atoms with Crippen molar-refractivity contribution >= 4 is 38.6 Å². The second-order valence-electron chi connectivity index (χ2n) is 5.42. The third kappa shape index (κ3) is 2.23. The maximum Gasteiger partial charge on any atom is 0.254 e. The van der Waals surface area contributed by atoms with Crippen molar-refractivity contribution in [1.82, 2.24) is 9.55 Å². The standard InChI is InChI=1S/C19H13ClN2O2/c1-24-12-6-7-13-15(19(20)23)11-22(18(13)10-12)17-8-9-21-16-5-3-2-4-14(16)17/h2-11H,1H3. The van der Waals surface area contributed by atoms with Gasteiger partial charge in [-0.2, -0.15) is 0 Å². The molecular formula is C19H13ClN2O2. The number of methoxy groups -OCH3 is 1. The van der Waals surface area contributed by atoms with Crippen LogP contribution in [-0.4, -0.2) is 21.9 Å². The molecule has 4 aromatic rings. The molecule has 5 heteroatoms. The molecule has 0 saturated heterocycles. The number of aromatic nitrogens is 2. The summed E-state index contributed by atoms with van der Waals surface area (Å²) < 4.78 is 7.28. The highest BCUT2D eigenvalue weighted by atomic mass is 35.5. The van der Waals surface area contributed by atoms with E-state index < -0.39 is 5.24 Å². The molecule has 0 amide bonds. The summed E-state index contributed by atoms with van der Waals surface area (Å²) in [4.78, 5) is 16.2. The van der Waals surface area contributed by atoms with E-state index in [4.69, 9.17) is 16.3 Å². The smallest absolute Gasteiger partial charge is 0.254 e. The van der Waals surface area contributed by atoms with Gasteiger partial charge in [-0.05, 0) is 35.9 Å². The quantitative estimate of drug-likeness (QED) is 0.515. The molecular weight excluding hydrogens is 324 g/mol. The average molecular weight is 337 g/mol. The van der Waals surface area contributed by atoms with E-state index >= 15 is 0 Å².